The quantitative estimate of drug-likeness (QED) is 0.641. The molecule has 5 nitrogen and oxygen atoms in total. The van der Waals surface area contributed by atoms with Gasteiger partial charge in [0.05, 0.1) is 11.3 Å². The molecule has 0 atom stereocenters. The summed E-state index contributed by atoms with van der Waals surface area (Å²) in [7, 11) is 0. The number of aromatic nitrogens is 1. The van der Waals surface area contributed by atoms with Crippen molar-refractivity contribution in [2.24, 2.45) is 0 Å². The number of amides is 1. The fourth-order valence-corrected chi connectivity index (χ4v) is 3.43. The van der Waals surface area contributed by atoms with Crippen molar-refractivity contribution < 1.29 is 9.18 Å². The van der Waals surface area contributed by atoms with Crippen LogP contribution in [0.5, 0.6) is 0 Å². The zero-order chi connectivity index (χ0) is 20.1. The summed E-state index contributed by atoms with van der Waals surface area (Å²) in [4.78, 5) is 19.1. The molecule has 0 spiro atoms. The van der Waals surface area contributed by atoms with Gasteiger partial charge < -0.3 is 15.5 Å². The molecule has 2 N–H and O–H groups in total. The monoisotopic (exact) mass is 390 g/mol. The Hall–Kier alpha value is -3.41. The van der Waals surface area contributed by atoms with E-state index in [-0.39, 0.29) is 11.7 Å². The van der Waals surface area contributed by atoms with Crippen LogP contribution in [0.2, 0.25) is 0 Å². The summed E-state index contributed by atoms with van der Waals surface area (Å²) in [6, 6.07) is 16.2. The molecule has 0 radical (unpaired) electrons. The van der Waals surface area contributed by atoms with Crippen molar-refractivity contribution in [1.29, 1.82) is 0 Å². The number of rotatable bonds is 6. The van der Waals surface area contributed by atoms with Crippen molar-refractivity contribution in [3.63, 3.8) is 0 Å². The number of benzene rings is 2. The molecule has 1 saturated heterocycles. The minimum atomic E-state index is -0.265. The Morgan fingerprint density at radius 3 is 2.52 bits per heavy atom. The summed E-state index contributed by atoms with van der Waals surface area (Å²) < 4.78 is 13.7. The van der Waals surface area contributed by atoms with E-state index in [4.69, 9.17) is 0 Å². The van der Waals surface area contributed by atoms with Crippen LogP contribution < -0.4 is 15.5 Å². The van der Waals surface area contributed by atoms with E-state index >= 15 is 0 Å². The number of halogens is 1. The van der Waals surface area contributed by atoms with E-state index in [2.05, 4.69) is 20.5 Å². The van der Waals surface area contributed by atoms with Gasteiger partial charge in [-0.1, -0.05) is 18.2 Å². The summed E-state index contributed by atoms with van der Waals surface area (Å²) >= 11 is 0. The third kappa shape index (κ3) is 4.71. The van der Waals surface area contributed by atoms with Crippen LogP contribution in [0.1, 0.15) is 28.8 Å². The van der Waals surface area contributed by atoms with Gasteiger partial charge in [-0.3, -0.25) is 9.78 Å². The minimum absolute atomic E-state index is 0.235. The van der Waals surface area contributed by atoms with Gasteiger partial charge in [0, 0.05) is 49.0 Å². The van der Waals surface area contributed by atoms with Crippen molar-refractivity contribution in [2.75, 3.05) is 28.6 Å². The second kappa shape index (κ2) is 8.73. The first kappa shape index (κ1) is 18.9. The standard InChI is InChI=1S/C23H23FN4O/c24-22-6-2-1-5-17(22)15-26-20-13-18(14-25-16-20)23(29)27-19-7-9-21(10-8-19)28-11-3-4-12-28/h1-2,5-10,13-14,16,26H,3-4,11-12,15H2,(H,27,29). The highest BCUT2D eigenvalue weighted by Gasteiger charge is 2.13. The lowest BCUT2D eigenvalue weighted by molar-refractivity contribution is 0.102. The van der Waals surface area contributed by atoms with Crippen LogP contribution in [0, 0.1) is 5.82 Å². The lowest BCUT2D eigenvalue weighted by Crippen LogP contribution is -2.17. The Morgan fingerprint density at radius 1 is 1.00 bits per heavy atom. The summed E-state index contributed by atoms with van der Waals surface area (Å²) in [6.45, 7) is 2.49. The Bertz CT molecular complexity index is 984. The molecule has 29 heavy (non-hydrogen) atoms. The van der Waals surface area contributed by atoms with Gasteiger partial charge in [0.2, 0.25) is 0 Å². The highest BCUT2D eigenvalue weighted by Crippen LogP contribution is 2.22. The van der Waals surface area contributed by atoms with Gasteiger partial charge in [0.25, 0.3) is 5.91 Å². The first-order valence-electron chi connectivity index (χ1n) is 9.78. The van der Waals surface area contributed by atoms with Crippen molar-refractivity contribution in [3.8, 4) is 0 Å². The third-order valence-corrected chi connectivity index (χ3v) is 5.04. The van der Waals surface area contributed by atoms with Gasteiger partial charge in [-0.05, 0) is 49.2 Å². The molecule has 0 saturated carbocycles. The molecular formula is C23H23FN4O. The SMILES string of the molecule is O=C(Nc1ccc(N2CCCC2)cc1)c1cncc(NCc2ccccc2F)c1. The molecule has 0 aliphatic carbocycles. The number of nitrogens with one attached hydrogen (secondary N) is 2. The first-order valence-corrected chi connectivity index (χ1v) is 9.78. The second-order valence-electron chi connectivity index (χ2n) is 7.10. The second-order valence-corrected chi connectivity index (χ2v) is 7.10. The molecule has 148 valence electrons. The highest BCUT2D eigenvalue weighted by atomic mass is 19.1. The highest BCUT2D eigenvalue weighted by molar-refractivity contribution is 6.04. The van der Waals surface area contributed by atoms with Crippen LogP contribution in [0.15, 0.2) is 67.0 Å². The van der Waals surface area contributed by atoms with Gasteiger partial charge >= 0.3 is 0 Å². The molecule has 0 bridgehead atoms. The zero-order valence-electron chi connectivity index (χ0n) is 16.1. The molecule has 3 aromatic rings. The number of carbonyl (C=O) groups excluding carboxylic acids is 1. The van der Waals surface area contributed by atoms with Gasteiger partial charge in [0.15, 0.2) is 0 Å². The molecule has 4 rings (SSSR count). The van der Waals surface area contributed by atoms with E-state index in [0.29, 0.717) is 23.4 Å². The van der Waals surface area contributed by atoms with Crippen LogP contribution in [-0.2, 0) is 6.54 Å². The van der Waals surface area contributed by atoms with Crippen LogP contribution in [0.25, 0.3) is 0 Å². The van der Waals surface area contributed by atoms with Crippen LogP contribution in [0.3, 0.4) is 0 Å². The number of hydrogen-bond donors (Lipinski definition) is 2. The van der Waals surface area contributed by atoms with Crippen LogP contribution >= 0.6 is 0 Å². The number of hydrogen-bond acceptors (Lipinski definition) is 4. The van der Waals surface area contributed by atoms with Crippen molar-refractivity contribution >= 4 is 23.0 Å². The van der Waals surface area contributed by atoms with Gasteiger partial charge in [-0.15, -0.1) is 0 Å². The van der Waals surface area contributed by atoms with Crippen LogP contribution in [0.4, 0.5) is 21.5 Å². The summed E-state index contributed by atoms with van der Waals surface area (Å²) in [5, 5.41) is 6.01. The molecular weight excluding hydrogens is 367 g/mol. The Kier molecular flexibility index (Phi) is 5.70. The van der Waals surface area contributed by atoms with E-state index < -0.39 is 0 Å². The third-order valence-electron chi connectivity index (χ3n) is 5.04. The smallest absolute Gasteiger partial charge is 0.257 e. The van der Waals surface area contributed by atoms with Gasteiger partial charge in [-0.2, -0.15) is 0 Å². The molecule has 1 aromatic heterocycles. The summed E-state index contributed by atoms with van der Waals surface area (Å²) in [5.41, 5.74) is 3.57. The van der Waals surface area contributed by atoms with E-state index in [0.717, 1.165) is 18.8 Å². The van der Waals surface area contributed by atoms with E-state index in [1.807, 2.05) is 24.3 Å². The zero-order valence-corrected chi connectivity index (χ0v) is 16.1. The number of anilines is 3. The average Bonchev–Trinajstić information content (AvgIpc) is 3.29. The fourth-order valence-electron chi connectivity index (χ4n) is 3.43. The lowest BCUT2D eigenvalue weighted by Gasteiger charge is -2.17. The molecule has 1 aliphatic heterocycles. The maximum atomic E-state index is 13.7. The molecule has 1 aliphatic rings. The maximum absolute atomic E-state index is 13.7. The molecule has 1 amide bonds. The molecule has 2 aromatic carbocycles. The van der Waals surface area contributed by atoms with E-state index in [1.54, 1.807) is 30.5 Å². The number of pyridine rings is 1. The van der Waals surface area contributed by atoms with Crippen molar-refractivity contribution in [3.05, 3.63) is 83.9 Å². The van der Waals surface area contributed by atoms with E-state index in [9.17, 15) is 9.18 Å². The van der Waals surface area contributed by atoms with Crippen LogP contribution in [-0.4, -0.2) is 24.0 Å². The molecule has 2 heterocycles. The largest absolute Gasteiger partial charge is 0.380 e. The molecule has 6 heteroatoms. The average molecular weight is 390 g/mol. The number of nitrogens with zero attached hydrogens (tertiary/aromatic N) is 2. The first-order chi connectivity index (χ1) is 14.2. The van der Waals surface area contributed by atoms with Crippen molar-refractivity contribution in [2.45, 2.75) is 19.4 Å². The Balaban J connectivity index is 1.38. The predicted molar refractivity (Wildman–Crippen MR) is 114 cm³/mol. The predicted octanol–water partition coefficient (Wildman–Crippen LogP) is 4.69. The molecule has 0 unspecified atom stereocenters. The minimum Gasteiger partial charge on any atom is -0.380 e. The Morgan fingerprint density at radius 2 is 1.76 bits per heavy atom. The normalized spacial score (nSPS) is 13.3. The molecule has 1 fully saturated rings. The van der Waals surface area contributed by atoms with Gasteiger partial charge in [0.1, 0.15) is 5.82 Å². The fraction of sp³-hybridized carbons (Fsp3) is 0.217. The maximum Gasteiger partial charge on any atom is 0.257 e. The van der Waals surface area contributed by atoms with Gasteiger partial charge in [-0.25, -0.2) is 4.39 Å². The summed E-state index contributed by atoms with van der Waals surface area (Å²) in [6.07, 6.45) is 5.59. The number of carbonyl (C=O) groups is 1. The lowest BCUT2D eigenvalue weighted by atomic mass is 10.2. The summed E-state index contributed by atoms with van der Waals surface area (Å²) in [5.74, 6) is -0.500. The van der Waals surface area contributed by atoms with E-state index in [1.165, 1.54) is 30.8 Å². The van der Waals surface area contributed by atoms with Crippen molar-refractivity contribution in [1.82, 2.24) is 4.98 Å². The topological polar surface area (TPSA) is 57.3 Å². The Labute approximate surface area is 169 Å².